The Morgan fingerprint density at radius 3 is 1.93 bits per heavy atom. The third kappa shape index (κ3) is 6.99. The SMILES string of the molecule is O=C(O)CN1CCc2nc(C(=O)Cc3cccc(-c4cccc(NC(=O)c5nc6c(s5)CN(CC(=O)O)CC6)c4Cl)c3Cl)sc2C1. The van der Waals surface area contributed by atoms with Gasteiger partial charge in [0.05, 0.1) is 40.2 Å². The zero-order valence-electron chi connectivity index (χ0n) is 24.2. The topological polar surface area (TPSA) is 153 Å². The number of carboxylic acid groups (broad SMARTS) is 2. The molecule has 0 unspecified atom stereocenters. The fourth-order valence-electron chi connectivity index (χ4n) is 5.55. The molecule has 15 heteroatoms. The Kier molecular flexibility index (Phi) is 9.50. The Bertz CT molecular complexity index is 1740. The number of hydrogen-bond donors (Lipinski definition) is 3. The molecule has 0 atom stereocenters. The lowest BCUT2D eigenvalue weighted by Crippen LogP contribution is -2.34. The molecule has 2 aromatic carbocycles. The van der Waals surface area contributed by atoms with Crippen LogP contribution in [0.1, 0.15) is 46.3 Å². The van der Waals surface area contributed by atoms with Crippen molar-refractivity contribution in [2.45, 2.75) is 32.4 Å². The van der Waals surface area contributed by atoms with E-state index < -0.39 is 17.8 Å². The first kappa shape index (κ1) is 32.2. The third-order valence-electron chi connectivity index (χ3n) is 7.74. The number of carboxylic acids is 2. The summed E-state index contributed by atoms with van der Waals surface area (Å²) in [6.45, 7) is 1.88. The molecule has 0 saturated carbocycles. The average Bonchev–Trinajstić information content (AvgIpc) is 3.63. The van der Waals surface area contributed by atoms with Crippen LogP contribution in [-0.2, 0) is 41.9 Å². The third-order valence-corrected chi connectivity index (χ3v) is 10.8. The summed E-state index contributed by atoms with van der Waals surface area (Å²) in [5.74, 6) is -2.40. The van der Waals surface area contributed by atoms with Crippen LogP contribution in [0.5, 0.6) is 0 Å². The lowest BCUT2D eigenvalue weighted by atomic mass is 9.99. The van der Waals surface area contributed by atoms with Gasteiger partial charge >= 0.3 is 11.9 Å². The molecule has 0 saturated heterocycles. The maximum atomic E-state index is 13.3. The van der Waals surface area contributed by atoms with Gasteiger partial charge in [-0.1, -0.05) is 53.5 Å². The van der Waals surface area contributed by atoms with Gasteiger partial charge < -0.3 is 15.5 Å². The summed E-state index contributed by atoms with van der Waals surface area (Å²) in [6, 6.07) is 10.6. The van der Waals surface area contributed by atoms with E-state index in [0.717, 1.165) is 21.1 Å². The van der Waals surface area contributed by atoms with Crippen molar-refractivity contribution in [3.63, 3.8) is 0 Å². The average molecular weight is 701 g/mol. The number of carbonyl (C=O) groups excluding carboxylic acids is 2. The molecule has 1 amide bonds. The number of nitrogens with one attached hydrogen (secondary N) is 1. The van der Waals surface area contributed by atoms with Crippen LogP contribution < -0.4 is 5.32 Å². The second-order valence-corrected chi connectivity index (χ2v) is 13.9. The first-order valence-electron chi connectivity index (χ1n) is 14.3. The monoisotopic (exact) mass is 699 g/mol. The van der Waals surface area contributed by atoms with E-state index >= 15 is 0 Å². The Morgan fingerprint density at radius 1 is 0.783 bits per heavy atom. The van der Waals surface area contributed by atoms with E-state index in [4.69, 9.17) is 33.4 Å². The Morgan fingerprint density at radius 2 is 1.33 bits per heavy atom. The molecule has 4 aromatic rings. The van der Waals surface area contributed by atoms with Crippen molar-refractivity contribution in [2.24, 2.45) is 0 Å². The minimum Gasteiger partial charge on any atom is -0.480 e. The van der Waals surface area contributed by atoms with E-state index in [-0.39, 0.29) is 35.3 Å². The van der Waals surface area contributed by atoms with Gasteiger partial charge in [-0.3, -0.25) is 29.0 Å². The van der Waals surface area contributed by atoms with Gasteiger partial charge in [0.1, 0.15) is 0 Å². The van der Waals surface area contributed by atoms with Crippen molar-refractivity contribution >= 4 is 75.2 Å². The highest BCUT2D eigenvalue weighted by Gasteiger charge is 2.26. The quantitative estimate of drug-likeness (QED) is 0.190. The van der Waals surface area contributed by atoms with E-state index in [1.807, 2.05) is 4.90 Å². The van der Waals surface area contributed by atoms with Crippen LogP contribution in [0.4, 0.5) is 5.69 Å². The van der Waals surface area contributed by atoms with E-state index in [1.54, 1.807) is 41.3 Å². The number of carbonyl (C=O) groups is 4. The highest BCUT2D eigenvalue weighted by molar-refractivity contribution is 7.14. The fourth-order valence-corrected chi connectivity index (χ4v) is 8.25. The second-order valence-electron chi connectivity index (χ2n) is 11.0. The van der Waals surface area contributed by atoms with Crippen LogP contribution in [0.2, 0.25) is 10.0 Å². The summed E-state index contributed by atoms with van der Waals surface area (Å²) in [4.78, 5) is 63.1. The first-order valence-corrected chi connectivity index (χ1v) is 16.7. The number of halogens is 2. The number of fused-ring (bicyclic) bond motifs is 2. The number of amides is 1. The number of rotatable bonds is 10. The molecule has 2 aliphatic heterocycles. The van der Waals surface area contributed by atoms with Gasteiger partial charge in [-0.25, -0.2) is 9.97 Å². The Balaban J connectivity index is 1.17. The largest absolute Gasteiger partial charge is 0.480 e. The first-order chi connectivity index (χ1) is 22.0. The van der Waals surface area contributed by atoms with Gasteiger partial charge in [-0.15, -0.1) is 22.7 Å². The lowest BCUT2D eigenvalue weighted by molar-refractivity contribution is -0.139. The number of aromatic nitrogens is 2. The smallest absolute Gasteiger partial charge is 0.317 e. The molecular weight excluding hydrogens is 673 g/mol. The number of benzene rings is 2. The van der Waals surface area contributed by atoms with Gasteiger partial charge in [0.25, 0.3) is 5.91 Å². The molecule has 2 aromatic heterocycles. The molecule has 2 aliphatic rings. The predicted molar refractivity (Wildman–Crippen MR) is 175 cm³/mol. The van der Waals surface area contributed by atoms with Crippen LogP contribution in [0.25, 0.3) is 11.1 Å². The minimum atomic E-state index is -0.900. The van der Waals surface area contributed by atoms with Crippen LogP contribution in [-0.4, -0.2) is 79.8 Å². The van der Waals surface area contributed by atoms with Gasteiger partial charge in [-0.05, 0) is 11.6 Å². The highest BCUT2D eigenvalue weighted by atomic mass is 35.5. The van der Waals surface area contributed by atoms with Crippen molar-refractivity contribution in [3.05, 3.63) is 83.2 Å². The Labute approximate surface area is 281 Å². The molecule has 3 N–H and O–H groups in total. The molecule has 46 heavy (non-hydrogen) atoms. The summed E-state index contributed by atoms with van der Waals surface area (Å²) in [5, 5.41) is 22.3. The fraction of sp³-hybridized carbons (Fsp3) is 0.290. The molecule has 0 radical (unpaired) electrons. The maximum absolute atomic E-state index is 13.3. The maximum Gasteiger partial charge on any atom is 0.317 e. The number of thiazole rings is 2. The summed E-state index contributed by atoms with van der Waals surface area (Å²) < 4.78 is 0. The standard InChI is InChI=1S/C31H27Cl2N5O6S2/c32-27-16(11-22(39)30-35-19-7-9-37(14-25(40)41)12-23(19)45-30)3-1-4-17(27)18-5-2-6-21(28(18)33)34-29(44)31-36-20-8-10-38(15-26(42)43)13-24(20)46-31/h1-6H,7-15H2,(H,34,44)(H,40,41)(H,42,43). The Hall–Kier alpha value is -3.72. The van der Waals surface area contributed by atoms with Crippen molar-refractivity contribution in [2.75, 3.05) is 31.5 Å². The van der Waals surface area contributed by atoms with E-state index in [0.29, 0.717) is 71.4 Å². The number of nitrogens with zero attached hydrogens (tertiary/aromatic N) is 4. The van der Waals surface area contributed by atoms with Crippen LogP contribution in [0, 0.1) is 0 Å². The zero-order chi connectivity index (χ0) is 32.5. The summed E-state index contributed by atoms with van der Waals surface area (Å²) in [7, 11) is 0. The number of anilines is 1. The van der Waals surface area contributed by atoms with Gasteiger partial charge in [0.2, 0.25) is 0 Å². The summed E-state index contributed by atoms with van der Waals surface area (Å²) >= 11 is 16.2. The van der Waals surface area contributed by atoms with Crippen LogP contribution >= 0.6 is 45.9 Å². The lowest BCUT2D eigenvalue weighted by Gasteiger charge is -2.23. The molecule has 11 nitrogen and oxygen atoms in total. The predicted octanol–water partition coefficient (Wildman–Crippen LogP) is 5.14. The summed E-state index contributed by atoms with van der Waals surface area (Å²) in [5.41, 5.74) is 3.77. The van der Waals surface area contributed by atoms with Crippen LogP contribution in [0.15, 0.2) is 36.4 Å². The normalized spacial score (nSPS) is 14.8. The van der Waals surface area contributed by atoms with Gasteiger partial charge in [0.15, 0.2) is 15.8 Å². The number of ketones is 1. The highest BCUT2D eigenvalue weighted by Crippen LogP contribution is 2.39. The molecule has 6 rings (SSSR count). The van der Waals surface area contributed by atoms with Gasteiger partial charge in [0, 0.05) is 66.3 Å². The molecular formula is C31H27Cl2N5O6S2. The zero-order valence-corrected chi connectivity index (χ0v) is 27.4. The molecule has 0 spiro atoms. The number of Topliss-reactive ketones (excluding diaryl/α,β-unsaturated/α-hetero) is 1. The van der Waals surface area contributed by atoms with Gasteiger partial charge in [-0.2, -0.15) is 0 Å². The minimum absolute atomic E-state index is 0.0184. The van der Waals surface area contributed by atoms with Crippen molar-refractivity contribution < 1.29 is 29.4 Å². The molecule has 0 fully saturated rings. The van der Waals surface area contributed by atoms with E-state index in [2.05, 4.69) is 15.3 Å². The molecule has 4 heterocycles. The second kappa shape index (κ2) is 13.6. The van der Waals surface area contributed by atoms with Crippen molar-refractivity contribution in [1.29, 1.82) is 0 Å². The molecule has 0 bridgehead atoms. The van der Waals surface area contributed by atoms with Crippen molar-refractivity contribution in [3.8, 4) is 11.1 Å². The number of hydrogen-bond acceptors (Lipinski definition) is 10. The van der Waals surface area contributed by atoms with Crippen molar-refractivity contribution in [1.82, 2.24) is 19.8 Å². The van der Waals surface area contributed by atoms with Crippen LogP contribution in [0.3, 0.4) is 0 Å². The molecule has 0 aliphatic carbocycles. The number of aliphatic carboxylic acids is 2. The van der Waals surface area contributed by atoms with E-state index in [1.165, 1.54) is 22.7 Å². The summed E-state index contributed by atoms with van der Waals surface area (Å²) in [6.07, 6.45) is 1.17. The molecule has 238 valence electrons. The van der Waals surface area contributed by atoms with E-state index in [9.17, 15) is 19.2 Å².